The molecule has 1 aliphatic carbocycles. The van der Waals surface area contributed by atoms with Crippen LogP contribution in [0.1, 0.15) is 68.1 Å². The average Bonchev–Trinajstić information content (AvgIpc) is 2.61. The Morgan fingerprint density at radius 2 is 1.37 bits per heavy atom. The normalized spacial score (nSPS) is 20.0. The van der Waals surface area contributed by atoms with Gasteiger partial charge >= 0.3 is 0 Å². The van der Waals surface area contributed by atoms with Crippen molar-refractivity contribution in [2.75, 3.05) is 0 Å². The van der Waals surface area contributed by atoms with Crippen molar-refractivity contribution in [1.82, 2.24) is 0 Å². The summed E-state index contributed by atoms with van der Waals surface area (Å²) in [6.07, 6.45) is 6.87. The third kappa shape index (κ3) is 5.12. The highest BCUT2D eigenvalue weighted by Gasteiger charge is 2.23. The van der Waals surface area contributed by atoms with Crippen molar-refractivity contribution in [3.05, 3.63) is 70.3 Å². The van der Waals surface area contributed by atoms with E-state index in [-0.39, 0.29) is 24.3 Å². The van der Waals surface area contributed by atoms with Gasteiger partial charge < -0.3 is 0 Å². The predicted octanol–water partition coefficient (Wildman–Crippen LogP) is 7.10. The molecule has 0 unspecified atom stereocenters. The van der Waals surface area contributed by atoms with Crippen LogP contribution in [0.15, 0.2) is 30.3 Å². The first-order chi connectivity index (χ1) is 13.0. The SMILES string of the molecule is CCC[C@H]1CC[C@H](c2cc(F)c(CCc3cc(F)cc(F)c3)c(F)c2)CC1. The molecule has 146 valence electrons. The standard InChI is InChI=1S/C23H26F4/c1-2-3-15-4-7-17(8-5-15)18-12-22(26)21(23(27)13-18)9-6-16-10-19(24)14-20(25)11-16/h10-15,17H,2-9H2,1H3/t15-,17-. The topological polar surface area (TPSA) is 0 Å². The second kappa shape index (κ2) is 8.90. The van der Waals surface area contributed by atoms with Gasteiger partial charge in [-0.1, -0.05) is 19.8 Å². The lowest BCUT2D eigenvalue weighted by Crippen LogP contribution is -2.14. The van der Waals surface area contributed by atoms with Crippen LogP contribution in [-0.4, -0.2) is 0 Å². The summed E-state index contributed by atoms with van der Waals surface area (Å²) in [6, 6.07) is 6.09. The van der Waals surface area contributed by atoms with E-state index in [9.17, 15) is 17.6 Å². The fraction of sp³-hybridized carbons (Fsp3) is 0.478. The van der Waals surface area contributed by atoms with Crippen LogP contribution in [0.25, 0.3) is 0 Å². The molecular weight excluding hydrogens is 352 g/mol. The molecule has 1 saturated carbocycles. The van der Waals surface area contributed by atoms with E-state index in [0.29, 0.717) is 5.56 Å². The van der Waals surface area contributed by atoms with E-state index in [2.05, 4.69) is 6.92 Å². The molecule has 2 aromatic carbocycles. The first-order valence-corrected chi connectivity index (χ1v) is 9.89. The average molecular weight is 378 g/mol. The lowest BCUT2D eigenvalue weighted by Gasteiger charge is -2.29. The molecule has 0 N–H and O–H groups in total. The molecule has 4 heteroatoms. The lowest BCUT2D eigenvalue weighted by atomic mass is 9.77. The predicted molar refractivity (Wildman–Crippen MR) is 99.7 cm³/mol. The van der Waals surface area contributed by atoms with E-state index >= 15 is 0 Å². The maximum atomic E-state index is 14.5. The van der Waals surface area contributed by atoms with Gasteiger partial charge in [-0.05, 0) is 85.8 Å². The van der Waals surface area contributed by atoms with Crippen molar-refractivity contribution >= 4 is 0 Å². The molecule has 0 saturated heterocycles. The summed E-state index contributed by atoms with van der Waals surface area (Å²) in [7, 11) is 0. The Kier molecular flexibility index (Phi) is 6.56. The molecule has 0 heterocycles. The molecule has 2 aromatic rings. The molecule has 0 aromatic heterocycles. The Balaban J connectivity index is 1.68. The first-order valence-electron chi connectivity index (χ1n) is 9.89. The van der Waals surface area contributed by atoms with Crippen molar-refractivity contribution in [2.45, 2.75) is 64.2 Å². The van der Waals surface area contributed by atoms with Crippen LogP contribution in [-0.2, 0) is 12.8 Å². The first kappa shape index (κ1) is 19.9. The molecule has 0 amide bonds. The van der Waals surface area contributed by atoms with E-state index < -0.39 is 23.3 Å². The Labute approximate surface area is 158 Å². The monoisotopic (exact) mass is 378 g/mol. The zero-order valence-corrected chi connectivity index (χ0v) is 15.7. The van der Waals surface area contributed by atoms with E-state index in [1.54, 1.807) is 0 Å². The highest BCUT2D eigenvalue weighted by Crippen LogP contribution is 2.38. The van der Waals surface area contributed by atoms with Crippen LogP contribution in [0.5, 0.6) is 0 Å². The van der Waals surface area contributed by atoms with Gasteiger partial charge in [0, 0.05) is 11.6 Å². The van der Waals surface area contributed by atoms with Gasteiger partial charge in [0.25, 0.3) is 0 Å². The number of rotatable bonds is 6. The zero-order chi connectivity index (χ0) is 19.4. The quantitative estimate of drug-likeness (QED) is 0.470. The molecule has 0 aliphatic heterocycles. The summed E-state index contributed by atoms with van der Waals surface area (Å²) in [4.78, 5) is 0. The Morgan fingerprint density at radius 1 is 0.778 bits per heavy atom. The van der Waals surface area contributed by atoms with Crippen LogP contribution in [0.3, 0.4) is 0 Å². The number of halogens is 4. The van der Waals surface area contributed by atoms with E-state index in [1.165, 1.54) is 37.1 Å². The molecular formula is C23H26F4. The molecule has 27 heavy (non-hydrogen) atoms. The van der Waals surface area contributed by atoms with Gasteiger partial charge in [-0.3, -0.25) is 0 Å². The number of hydrogen-bond acceptors (Lipinski definition) is 0. The molecule has 3 rings (SSSR count). The van der Waals surface area contributed by atoms with Gasteiger partial charge in [0.1, 0.15) is 23.3 Å². The fourth-order valence-electron chi connectivity index (χ4n) is 4.31. The van der Waals surface area contributed by atoms with Crippen LogP contribution < -0.4 is 0 Å². The summed E-state index contributed by atoms with van der Waals surface area (Å²) in [5.74, 6) is -1.52. The fourth-order valence-corrected chi connectivity index (χ4v) is 4.31. The van der Waals surface area contributed by atoms with Gasteiger partial charge in [0.2, 0.25) is 0 Å². The van der Waals surface area contributed by atoms with Gasteiger partial charge in [-0.25, -0.2) is 17.6 Å². The maximum Gasteiger partial charge on any atom is 0.129 e. The van der Waals surface area contributed by atoms with Crippen molar-refractivity contribution < 1.29 is 17.6 Å². The van der Waals surface area contributed by atoms with E-state index in [0.717, 1.165) is 43.2 Å². The molecule has 0 nitrogen and oxygen atoms in total. The van der Waals surface area contributed by atoms with Crippen molar-refractivity contribution in [3.63, 3.8) is 0 Å². The summed E-state index contributed by atoms with van der Waals surface area (Å²) < 4.78 is 55.6. The minimum absolute atomic E-state index is 0.0110. The Morgan fingerprint density at radius 3 is 1.93 bits per heavy atom. The summed E-state index contributed by atoms with van der Waals surface area (Å²) in [5, 5.41) is 0. The maximum absolute atomic E-state index is 14.5. The van der Waals surface area contributed by atoms with E-state index in [4.69, 9.17) is 0 Å². The van der Waals surface area contributed by atoms with Gasteiger partial charge in [-0.2, -0.15) is 0 Å². The largest absolute Gasteiger partial charge is 0.207 e. The molecule has 0 bridgehead atoms. The minimum Gasteiger partial charge on any atom is -0.207 e. The highest BCUT2D eigenvalue weighted by atomic mass is 19.1. The molecule has 0 spiro atoms. The minimum atomic E-state index is -0.681. The third-order valence-corrected chi connectivity index (χ3v) is 5.76. The van der Waals surface area contributed by atoms with Crippen molar-refractivity contribution in [1.29, 1.82) is 0 Å². The van der Waals surface area contributed by atoms with E-state index in [1.807, 2.05) is 0 Å². The van der Waals surface area contributed by atoms with Crippen LogP contribution in [0, 0.1) is 29.2 Å². The molecule has 0 radical (unpaired) electrons. The Bertz CT molecular complexity index is 733. The van der Waals surface area contributed by atoms with Gasteiger partial charge in [0.05, 0.1) is 0 Å². The second-order valence-corrected chi connectivity index (χ2v) is 7.75. The smallest absolute Gasteiger partial charge is 0.129 e. The molecule has 0 atom stereocenters. The van der Waals surface area contributed by atoms with Crippen molar-refractivity contribution in [2.24, 2.45) is 5.92 Å². The summed E-state index contributed by atoms with van der Waals surface area (Å²) in [5.41, 5.74) is 1.12. The number of benzene rings is 2. The summed E-state index contributed by atoms with van der Waals surface area (Å²) >= 11 is 0. The number of hydrogen-bond donors (Lipinski definition) is 0. The molecule has 1 aliphatic rings. The van der Waals surface area contributed by atoms with Gasteiger partial charge in [0.15, 0.2) is 0 Å². The Hall–Kier alpha value is -1.84. The molecule has 1 fully saturated rings. The van der Waals surface area contributed by atoms with Crippen LogP contribution >= 0.6 is 0 Å². The van der Waals surface area contributed by atoms with Gasteiger partial charge in [-0.15, -0.1) is 0 Å². The van der Waals surface area contributed by atoms with Crippen LogP contribution in [0.2, 0.25) is 0 Å². The third-order valence-electron chi connectivity index (χ3n) is 5.76. The number of aryl methyl sites for hydroxylation is 1. The highest BCUT2D eigenvalue weighted by molar-refractivity contribution is 5.30. The van der Waals surface area contributed by atoms with Crippen molar-refractivity contribution in [3.8, 4) is 0 Å². The second-order valence-electron chi connectivity index (χ2n) is 7.75. The lowest BCUT2D eigenvalue weighted by molar-refractivity contribution is 0.307. The summed E-state index contributed by atoms with van der Waals surface area (Å²) in [6.45, 7) is 2.19. The van der Waals surface area contributed by atoms with Crippen LogP contribution in [0.4, 0.5) is 17.6 Å². The zero-order valence-electron chi connectivity index (χ0n) is 15.7.